The van der Waals surface area contributed by atoms with Crippen LogP contribution in [0.25, 0.3) is 0 Å². The minimum Gasteiger partial charge on any atom is -0.372 e. The Balaban J connectivity index is 1.96. The summed E-state index contributed by atoms with van der Waals surface area (Å²) in [6, 6.07) is 15.5. The van der Waals surface area contributed by atoms with E-state index in [2.05, 4.69) is 135 Å². The summed E-state index contributed by atoms with van der Waals surface area (Å²) in [5.74, 6) is 13.9. The van der Waals surface area contributed by atoms with E-state index in [-0.39, 0.29) is 0 Å². The second-order valence-electron chi connectivity index (χ2n) is 19.7. The molecule has 0 aliphatic heterocycles. The van der Waals surface area contributed by atoms with Crippen LogP contribution < -0.4 is 4.90 Å². The molecular weight excluding hydrogens is 743 g/mol. The molecule has 0 N–H and O–H groups in total. The summed E-state index contributed by atoms with van der Waals surface area (Å²) in [6.45, 7) is 20.7. The molecule has 0 aliphatic rings. The molecule has 0 unspecified atom stereocenters. The van der Waals surface area contributed by atoms with Crippen LogP contribution in [0.1, 0.15) is 216 Å². The Labute approximate surface area is 370 Å². The zero-order valence-corrected chi connectivity index (χ0v) is 42.2. The number of unbranched alkanes of at least 4 members (excludes halogenated alkanes) is 26. The van der Waals surface area contributed by atoms with Crippen LogP contribution in [0, 0.1) is 34.8 Å². The van der Waals surface area contributed by atoms with Crippen LogP contribution in [0.2, 0.25) is 39.3 Å². The van der Waals surface area contributed by atoms with Gasteiger partial charge in [-0.3, -0.25) is 0 Å². The average Bonchev–Trinajstić information content (AvgIpc) is 3.20. The zero-order valence-electron chi connectivity index (χ0n) is 40.2. The van der Waals surface area contributed by atoms with Gasteiger partial charge < -0.3 is 4.90 Å². The van der Waals surface area contributed by atoms with Crippen molar-refractivity contribution in [3.63, 3.8) is 0 Å². The van der Waals surface area contributed by atoms with Crippen molar-refractivity contribution in [2.24, 2.45) is 0 Å². The number of hydrogen-bond acceptors (Lipinski definition) is 1. The lowest BCUT2D eigenvalue weighted by Gasteiger charge is -2.25. The summed E-state index contributed by atoms with van der Waals surface area (Å²) < 4.78 is 0. The standard InChI is InChI=1S/C56H91NSi2/c1-9-11-13-15-17-19-21-23-25-27-29-31-33-35-47-57(48-36-34-32-30-28-26-24-22-20-18-16-14-12-10-2)56-43-39-52(40-44-56)37-42-55-51-53(45-49-58(3,4)5)38-41-54(55)46-50-59(6,7)8/h38-41,43-44,51H,9-36,47-48H2,1-8H3. The molecule has 0 saturated carbocycles. The lowest BCUT2D eigenvalue weighted by molar-refractivity contribution is 0.529. The molecule has 2 rings (SSSR count). The Morgan fingerprint density at radius 1 is 0.356 bits per heavy atom. The molecule has 0 saturated heterocycles. The second-order valence-corrected chi connectivity index (χ2v) is 29.2. The third-order valence-corrected chi connectivity index (χ3v) is 13.1. The number of rotatable bonds is 31. The van der Waals surface area contributed by atoms with Crippen molar-refractivity contribution in [3.8, 4) is 34.8 Å². The van der Waals surface area contributed by atoms with Crippen molar-refractivity contribution >= 4 is 21.8 Å². The van der Waals surface area contributed by atoms with Gasteiger partial charge in [0, 0.05) is 41.0 Å². The Hall–Kier alpha value is -2.65. The molecule has 0 spiro atoms. The van der Waals surface area contributed by atoms with E-state index < -0.39 is 16.1 Å². The highest BCUT2D eigenvalue weighted by molar-refractivity contribution is 6.84. The number of benzene rings is 2. The van der Waals surface area contributed by atoms with E-state index in [1.54, 1.807) is 0 Å². The van der Waals surface area contributed by atoms with Gasteiger partial charge in [0.15, 0.2) is 0 Å². The molecule has 0 bridgehead atoms. The van der Waals surface area contributed by atoms with Gasteiger partial charge in [0.1, 0.15) is 16.1 Å². The average molecular weight is 835 g/mol. The number of nitrogens with zero attached hydrogens (tertiary/aromatic N) is 1. The van der Waals surface area contributed by atoms with Crippen LogP contribution >= 0.6 is 0 Å². The van der Waals surface area contributed by atoms with E-state index in [9.17, 15) is 0 Å². The molecule has 0 radical (unpaired) electrons. The molecule has 328 valence electrons. The molecule has 2 aromatic rings. The Kier molecular flexibility index (Phi) is 29.4. The first-order valence-electron chi connectivity index (χ1n) is 25.1. The normalized spacial score (nSPS) is 11.3. The van der Waals surface area contributed by atoms with E-state index in [4.69, 9.17) is 0 Å². The summed E-state index contributed by atoms with van der Waals surface area (Å²) >= 11 is 0. The van der Waals surface area contributed by atoms with Crippen molar-refractivity contribution in [2.75, 3.05) is 18.0 Å². The van der Waals surface area contributed by atoms with Crippen LogP contribution in [0.4, 0.5) is 5.69 Å². The molecule has 0 heterocycles. The Bertz CT molecular complexity index is 1510. The maximum atomic E-state index is 3.55. The zero-order chi connectivity index (χ0) is 42.9. The van der Waals surface area contributed by atoms with Gasteiger partial charge in [-0.05, 0) is 55.3 Å². The molecule has 0 amide bonds. The van der Waals surface area contributed by atoms with Gasteiger partial charge in [0.2, 0.25) is 0 Å². The van der Waals surface area contributed by atoms with Crippen molar-refractivity contribution in [3.05, 3.63) is 64.7 Å². The molecule has 0 fully saturated rings. The highest BCUT2D eigenvalue weighted by atomic mass is 28.3. The van der Waals surface area contributed by atoms with Gasteiger partial charge in [-0.15, -0.1) is 11.1 Å². The van der Waals surface area contributed by atoms with E-state index in [0.717, 1.165) is 35.3 Å². The second kappa shape index (κ2) is 33.0. The van der Waals surface area contributed by atoms with E-state index in [0.29, 0.717) is 0 Å². The quantitative estimate of drug-likeness (QED) is 0.0416. The fraction of sp³-hybridized carbons (Fsp3) is 0.679. The molecule has 3 heteroatoms. The summed E-state index contributed by atoms with van der Waals surface area (Å²) in [5, 5.41) is 0. The van der Waals surface area contributed by atoms with Crippen LogP contribution in [0.15, 0.2) is 42.5 Å². The fourth-order valence-electron chi connectivity index (χ4n) is 7.61. The third-order valence-electron chi connectivity index (χ3n) is 11.3. The summed E-state index contributed by atoms with van der Waals surface area (Å²) in [6.07, 6.45) is 39.4. The van der Waals surface area contributed by atoms with Gasteiger partial charge in [-0.2, -0.15) is 0 Å². The van der Waals surface area contributed by atoms with Gasteiger partial charge in [-0.1, -0.05) is 244 Å². The first kappa shape index (κ1) is 52.5. The molecule has 1 nitrogen and oxygen atoms in total. The van der Waals surface area contributed by atoms with E-state index in [1.165, 1.54) is 185 Å². The number of anilines is 1. The largest absolute Gasteiger partial charge is 0.372 e. The summed E-state index contributed by atoms with van der Waals surface area (Å²) in [4.78, 5) is 2.67. The minimum absolute atomic E-state index is 0.986. The smallest absolute Gasteiger partial charge is 0.129 e. The Morgan fingerprint density at radius 2 is 0.712 bits per heavy atom. The van der Waals surface area contributed by atoms with Crippen LogP contribution in [-0.2, 0) is 0 Å². The van der Waals surface area contributed by atoms with E-state index in [1.807, 2.05) is 0 Å². The van der Waals surface area contributed by atoms with Crippen molar-refractivity contribution in [1.82, 2.24) is 0 Å². The first-order chi connectivity index (χ1) is 28.5. The van der Waals surface area contributed by atoms with Gasteiger partial charge >= 0.3 is 0 Å². The van der Waals surface area contributed by atoms with Crippen molar-refractivity contribution in [1.29, 1.82) is 0 Å². The predicted octanol–water partition coefficient (Wildman–Crippen LogP) is 17.3. The van der Waals surface area contributed by atoms with Crippen LogP contribution in [-0.4, -0.2) is 29.2 Å². The molecule has 0 aromatic heterocycles. The summed E-state index contributed by atoms with van der Waals surface area (Å²) in [5.41, 5.74) is 12.5. The SMILES string of the molecule is CCCCCCCCCCCCCCCCN(CCCCCCCCCCCCCCCC)c1ccc(C#Cc2cc(C#C[Si](C)(C)C)ccc2C#C[Si](C)(C)C)cc1. The molecule has 2 aromatic carbocycles. The third kappa shape index (κ3) is 29.3. The molecule has 59 heavy (non-hydrogen) atoms. The molecular formula is C56H91NSi2. The minimum atomic E-state index is -1.52. The van der Waals surface area contributed by atoms with Gasteiger partial charge in [0.25, 0.3) is 0 Å². The summed E-state index contributed by atoms with van der Waals surface area (Å²) in [7, 11) is -2.99. The highest BCUT2D eigenvalue weighted by Gasteiger charge is 2.10. The lowest BCUT2D eigenvalue weighted by Crippen LogP contribution is -2.25. The lowest BCUT2D eigenvalue weighted by atomic mass is 10.0. The van der Waals surface area contributed by atoms with Crippen LogP contribution in [0.5, 0.6) is 0 Å². The van der Waals surface area contributed by atoms with Gasteiger partial charge in [-0.25, -0.2) is 0 Å². The predicted molar refractivity (Wildman–Crippen MR) is 272 cm³/mol. The first-order valence-corrected chi connectivity index (χ1v) is 32.1. The van der Waals surface area contributed by atoms with Crippen molar-refractivity contribution in [2.45, 2.75) is 233 Å². The highest BCUT2D eigenvalue weighted by Crippen LogP contribution is 2.20. The topological polar surface area (TPSA) is 3.24 Å². The monoisotopic (exact) mass is 834 g/mol. The maximum Gasteiger partial charge on any atom is 0.129 e. The van der Waals surface area contributed by atoms with Crippen LogP contribution in [0.3, 0.4) is 0 Å². The molecule has 0 atom stereocenters. The molecule has 0 aliphatic carbocycles. The maximum absolute atomic E-state index is 3.55. The van der Waals surface area contributed by atoms with Crippen molar-refractivity contribution < 1.29 is 0 Å². The number of hydrogen-bond donors (Lipinski definition) is 0. The fourth-order valence-corrected chi connectivity index (χ4v) is 8.64. The van der Waals surface area contributed by atoms with E-state index >= 15 is 0 Å². The Morgan fingerprint density at radius 3 is 1.10 bits per heavy atom. The van der Waals surface area contributed by atoms with Gasteiger partial charge in [0.05, 0.1) is 0 Å².